The number of ether oxygens (including phenoxy) is 1. The first-order valence-corrected chi connectivity index (χ1v) is 11.6. The van der Waals surface area contributed by atoms with Gasteiger partial charge in [0.2, 0.25) is 5.28 Å². The molecule has 8 heteroatoms. The van der Waals surface area contributed by atoms with Crippen molar-refractivity contribution in [2.75, 3.05) is 6.61 Å². The molecule has 0 N–H and O–H groups in total. The van der Waals surface area contributed by atoms with Crippen molar-refractivity contribution in [1.82, 2.24) is 14.1 Å². The van der Waals surface area contributed by atoms with Gasteiger partial charge in [0, 0.05) is 27.9 Å². The lowest BCUT2D eigenvalue weighted by Gasteiger charge is -2.15. The van der Waals surface area contributed by atoms with Gasteiger partial charge in [0.05, 0.1) is 9.86 Å². The summed E-state index contributed by atoms with van der Waals surface area (Å²) in [5, 5.41) is 0.692. The lowest BCUT2D eigenvalue weighted by Crippen LogP contribution is -2.22. The molecule has 0 atom stereocenters. The molecular formula is C13H19BrClN3O2Si. The van der Waals surface area contributed by atoms with Crippen molar-refractivity contribution in [2.24, 2.45) is 7.05 Å². The lowest BCUT2D eigenvalue weighted by atomic mass is 10.4. The summed E-state index contributed by atoms with van der Waals surface area (Å²) in [6.07, 6.45) is 1.81. The molecule has 5 nitrogen and oxygen atoms in total. The van der Waals surface area contributed by atoms with Crippen LogP contribution in [0.2, 0.25) is 31.0 Å². The van der Waals surface area contributed by atoms with Gasteiger partial charge in [0.25, 0.3) is 5.56 Å². The average molecular weight is 393 g/mol. The van der Waals surface area contributed by atoms with E-state index in [4.69, 9.17) is 16.3 Å². The Kier molecular flexibility index (Phi) is 4.97. The van der Waals surface area contributed by atoms with Crippen LogP contribution in [0.15, 0.2) is 15.5 Å². The van der Waals surface area contributed by atoms with Gasteiger partial charge in [-0.3, -0.25) is 9.36 Å². The first-order chi connectivity index (χ1) is 9.70. The molecule has 2 aromatic heterocycles. The molecule has 0 spiro atoms. The molecule has 116 valence electrons. The van der Waals surface area contributed by atoms with Crippen molar-refractivity contribution in [3.8, 4) is 0 Å². The van der Waals surface area contributed by atoms with Gasteiger partial charge in [-0.15, -0.1) is 0 Å². The zero-order chi connectivity index (χ0) is 15.8. The second kappa shape index (κ2) is 6.24. The molecular weight excluding hydrogens is 374 g/mol. The molecule has 0 fully saturated rings. The van der Waals surface area contributed by atoms with Crippen LogP contribution >= 0.6 is 27.5 Å². The van der Waals surface area contributed by atoms with E-state index in [2.05, 4.69) is 40.6 Å². The largest absolute Gasteiger partial charge is 0.361 e. The third kappa shape index (κ3) is 3.77. The maximum absolute atomic E-state index is 12.2. The van der Waals surface area contributed by atoms with Crippen molar-refractivity contribution in [3.63, 3.8) is 0 Å². The van der Waals surface area contributed by atoms with Gasteiger partial charge in [0.15, 0.2) is 5.65 Å². The molecule has 0 aliphatic carbocycles. The van der Waals surface area contributed by atoms with Crippen LogP contribution in [0, 0.1) is 0 Å². The molecule has 21 heavy (non-hydrogen) atoms. The van der Waals surface area contributed by atoms with Crippen molar-refractivity contribution in [3.05, 3.63) is 26.3 Å². The van der Waals surface area contributed by atoms with Crippen LogP contribution < -0.4 is 5.56 Å². The van der Waals surface area contributed by atoms with Crippen LogP contribution in [0.4, 0.5) is 0 Å². The molecule has 0 saturated heterocycles. The minimum absolute atomic E-state index is 0.168. The monoisotopic (exact) mass is 391 g/mol. The van der Waals surface area contributed by atoms with Crippen LogP contribution in [-0.4, -0.2) is 28.8 Å². The van der Waals surface area contributed by atoms with Crippen molar-refractivity contribution in [1.29, 1.82) is 0 Å². The maximum atomic E-state index is 12.2. The van der Waals surface area contributed by atoms with E-state index in [1.54, 1.807) is 11.6 Å². The van der Waals surface area contributed by atoms with E-state index in [0.717, 1.165) is 6.04 Å². The Bertz CT molecular complexity index is 721. The minimum Gasteiger partial charge on any atom is -0.361 e. The highest BCUT2D eigenvalue weighted by molar-refractivity contribution is 9.10. The molecule has 0 unspecified atom stereocenters. The van der Waals surface area contributed by atoms with Gasteiger partial charge in [-0.1, -0.05) is 19.6 Å². The SMILES string of the molecule is Cn1c(Cl)nc2c(c(Br)cn2COCC[Si](C)(C)C)c1=O. The van der Waals surface area contributed by atoms with E-state index >= 15 is 0 Å². The van der Waals surface area contributed by atoms with Crippen LogP contribution in [-0.2, 0) is 18.5 Å². The van der Waals surface area contributed by atoms with Gasteiger partial charge in [0.1, 0.15) is 6.73 Å². The molecule has 0 bridgehead atoms. The zero-order valence-corrected chi connectivity index (χ0v) is 16.0. The van der Waals surface area contributed by atoms with E-state index < -0.39 is 8.07 Å². The Morgan fingerprint density at radius 3 is 2.71 bits per heavy atom. The fourth-order valence-electron chi connectivity index (χ4n) is 1.88. The summed E-state index contributed by atoms with van der Waals surface area (Å²) in [4.78, 5) is 16.5. The fraction of sp³-hybridized carbons (Fsp3) is 0.538. The van der Waals surface area contributed by atoms with E-state index in [1.165, 1.54) is 4.57 Å². The molecule has 0 aliphatic heterocycles. The smallest absolute Gasteiger partial charge is 0.264 e. The number of nitrogens with zero attached hydrogens (tertiary/aromatic N) is 3. The van der Waals surface area contributed by atoms with Crippen molar-refractivity contribution in [2.45, 2.75) is 32.4 Å². The zero-order valence-electron chi connectivity index (χ0n) is 12.6. The van der Waals surface area contributed by atoms with Gasteiger partial charge < -0.3 is 9.30 Å². The highest BCUT2D eigenvalue weighted by Gasteiger charge is 2.16. The predicted molar refractivity (Wildman–Crippen MR) is 91.8 cm³/mol. The number of rotatable bonds is 5. The molecule has 2 heterocycles. The molecule has 0 aliphatic rings. The number of hydrogen-bond donors (Lipinski definition) is 0. The molecule has 2 aromatic rings. The van der Waals surface area contributed by atoms with Crippen LogP contribution in [0.25, 0.3) is 11.0 Å². The highest BCUT2D eigenvalue weighted by atomic mass is 79.9. The summed E-state index contributed by atoms with van der Waals surface area (Å²) in [6, 6.07) is 1.10. The average Bonchev–Trinajstić information content (AvgIpc) is 2.67. The second-order valence-corrected chi connectivity index (χ2v) is 13.1. The van der Waals surface area contributed by atoms with Gasteiger partial charge in [-0.25, -0.2) is 4.98 Å². The number of aromatic nitrogens is 3. The lowest BCUT2D eigenvalue weighted by molar-refractivity contribution is 0.0898. The van der Waals surface area contributed by atoms with E-state index in [0.29, 0.717) is 28.8 Å². The van der Waals surface area contributed by atoms with Crippen LogP contribution in [0.1, 0.15) is 0 Å². The van der Waals surface area contributed by atoms with E-state index in [-0.39, 0.29) is 10.8 Å². The predicted octanol–water partition coefficient (Wildman–Crippen LogP) is 3.46. The van der Waals surface area contributed by atoms with Crippen molar-refractivity contribution >= 4 is 46.6 Å². The minimum atomic E-state index is -1.10. The Morgan fingerprint density at radius 2 is 2.10 bits per heavy atom. The van der Waals surface area contributed by atoms with Crippen LogP contribution in [0.5, 0.6) is 0 Å². The summed E-state index contributed by atoms with van der Waals surface area (Å²) in [6.45, 7) is 8.00. The fourth-order valence-corrected chi connectivity index (χ4v) is 3.39. The molecule has 0 aromatic carbocycles. The number of hydrogen-bond acceptors (Lipinski definition) is 3. The Balaban J connectivity index is 2.24. The highest BCUT2D eigenvalue weighted by Crippen LogP contribution is 2.23. The van der Waals surface area contributed by atoms with Gasteiger partial charge in [-0.05, 0) is 33.6 Å². The quantitative estimate of drug-likeness (QED) is 0.445. The summed E-state index contributed by atoms with van der Waals surface area (Å²) < 4.78 is 9.54. The maximum Gasteiger partial charge on any atom is 0.264 e. The number of halogens is 2. The summed E-state index contributed by atoms with van der Waals surface area (Å²) in [7, 11) is 0.500. The molecule has 2 rings (SSSR count). The topological polar surface area (TPSA) is 49.0 Å². The summed E-state index contributed by atoms with van der Waals surface area (Å²) >= 11 is 9.39. The molecule has 0 amide bonds. The first kappa shape index (κ1) is 16.7. The van der Waals surface area contributed by atoms with Gasteiger partial charge >= 0.3 is 0 Å². The molecule has 0 saturated carbocycles. The van der Waals surface area contributed by atoms with Gasteiger partial charge in [-0.2, -0.15) is 0 Å². The summed E-state index contributed by atoms with van der Waals surface area (Å²) in [5.74, 6) is 0. The second-order valence-electron chi connectivity index (χ2n) is 6.24. The normalized spacial score (nSPS) is 12.3. The van der Waals surface area contributed by atoms with Crippen molar-refractivity contribution < 1.29 is 4.74 Å². The van der Waals surface area contributed by atoms with E-state index in [9.17, 15) is 4.79 Å². The molecule has 0 radical (unpaired) electrons. The van der Waals surface area contributed by atoms with E-state index in [1.807, 2.05) is 6.20 Å². The van der Waals surface area contributed by atoms with Crippen LogP contribution in [0.3, 0.4) is 0 Å². The Hall–Kier alpha value is -0.633. The first-order valence-electron chi connectivity index (χ1n) is 6.69. The Labute approximate surface area is 138 Å². The third-order valence-electron chi connectivity index (χ3n) is 3.22. The number of fused-ring (bicyclic) bond motifs is 1. The third-order valence-corrected chi connectivity index (χ3v) is 5.87. The standard InChI is InChI=1S/C13H19BrClN3O2Si/c1-17-12(19)10-9(14)7-18(11(10)16-13(17)15)8-20-5-6-21(2,3)4/h7H,5-6,8H2,1-4H3. The summed E-state index contributed by atoms with van der Waals surface area (Å²) in [5.41, 5.74) is 0.376. The Morgan fingerprint density at radius 1 is 1.43 bits per heavy atom.